The fraction of sp³-hybridized carbons (Fsp3) is 0.273. The van der Waals surface area contributed by atoms with Crippen LogP contribution in [0.2, 0.25) is 5.02 Å². The zero-order valence-electron chi connectivity index (χ0n) is 16.3. The van der Waals surface area contributed by atoms with Crippen LogP contribution < -0.4 is 4.90 Å². The number of aliphatic carboxylic acids is 1. The van der Waals surface area contributed by atoms with Crippen molar-refractivity contribution < 1.29 is 28.7 Å². The third-order valence-corrected chi connectivity index (χ3v) is 5.94. The molecule has 160 valence electrons. The average molecular weight is 445 g/mol. The van der Waals surface area contributed by atoms with E-state index in [2.05, 4.69) is 0 Å². The molecular formula is C22H18ClFN2O5. The molecular weight excluding hydrogens is 427 g/mol. The number of imide groups is 1. The minimum Gasteiger partial charge on any atom is -0.481 e. The Bertz CT molecular complexity index is 1120. The second-order valence-electron chi connectivity index (χ2n) is 7.57. The SMILES string of the molecule is O=C(O)CCCN1C(=O)[C@@]2(CC(=O)N(Cc3ccccc3F)C2=O)c2cc(Cl)ccc21. The number of hydrogen-bond acceptors (Lipinski definition) is 4. The van der Waals surface area contributed by atoms with Gasteiger partial charge in [-0.3, -0.25) is 24.1 Å². The first-order valence-electron chi connectivity index (χ1n) is 9.67. The highest BCUT2D eigenvalue weighted by Gasteiger charge is 2.63. The molecule has 31 heavy (non-hydrogen) atoms. The summed E-state index contributed by atoms with van der Waals surface area (Å²) in [6.07, 6.45) is -0.353. The van der Waals surface area contributed by atoms with Crippen LogP contribution in [0.5, 0.6) is 0 Å². The fourth-order valence-electron chi connectivity index (χ4n) is 4.23. The van der Waals surface area contributed by atoms with E-state index >= 15 is 0 Å². The number of rotatable bonds is 6. The van der Waals surface area contributed by atoms with Gasteiger partial charge in [0.15, 0.2) is 5.41 Å². The van der Waals surface area contributed by atoms with Crippen LogP contribution in [0, 0.1) is 5.82 Å². The van der Waals surface area contributed by atoms with Crippen molar-refractivity contribution in [2.45, 2.75) is 31.2 Å². The molecule has 2 aromatic carbocycles. The largest absolute Gasteiger partial charge is 0.481 e. The molecule has 1 saturated heterocycles. The molecule has 3 amide bonds. The Hall–Kier alpha value is -3.26. The smallest absolute Gasteiger partial charge is 0.303 e. The van der Waals surface area contributed by atoms with E-state index in [1.165, 1.54) is 29.2 Å². The molecule has 0 aliphatic carbocycles. The van der Waals surface area contributed by atoms with Crippen LogP contribution in [-0.2, 0) is 31.1 Å². The maximum atomic E-state index is 14.1. The molecule has 2 heterocycles. The number of fused-ring (bicyclic) bond motifs is 2. The first kappa shape index (κ1) is 21.0. The molecule has 0 saturated carbocycles. The average Bonchev–Trinajstić information content (AvgIpc) is 3.10. The van der Waals surface area contributed by atoms with Crippen molar-refractivity contribution in [1.29, 1.82) is 0 Å². The maximum Gasteiger partial charge on any atom is 0.303 e. The molecule has 0 bridgehead atoms. The van der Waals surface area contributed by atoms with E-state index in [4.69, 9.17) is 16.7 Å². The fourth-order valence-corrected chi connectivity index (χ4v) is 4.40. The van der Waals surface area contributed by atoms with Gasteiger partial charge in [0.2, 0.25) is 17.7 Å². The predicted molar refractivity (Wildman–Crippen MR) is 109 cm³/mol. The summed E-state index contributed by atoms with van der Waals surface area (Å²) in [6, 6.07) is 10.4. The Morgan fingerprint density at radius 3 is 2.52 bits per heavy atom. The molecule has 1 atom stereocenters. The van der Waals surface area contributed by atoms with E-state index in [-0.39, 0.29) is 37.9 Å². The molecule has 2 aliphatic heterocycles. The third-order valence-electron chi connectivity index (χ3n) is 5.71. The first-order chi connectivity index (χ1) is 14.8. The summed E-state index contributed by atoms with van der Waals surface area (Å²) < 4.78 is 14.1. The second-order valence-corrected chi connectivity index (χ2v) is 8.01. The molecule has 4 rings (SSSR count). The monoisotopic (exact) mass is 444 g/mol. The third kappa shape index (κ3) is 3.37. The van der Waals surface area contributed by atoms with E-state index in [0.717, 1.165) is 4.90 Å². The summed E-state index contributed by atoms with van der Waals surface area (Å²) in [5, 5.41) is 9.20. The number of likely N-dealkylation sites (tertiary alicyclic amines) is 1. The summed E-state index contributed by atoms with van der Waals surface area (Å²) in [4.78, 5) is 52.9. The number of anilines is 1. The molecule has 1 N–H and O–H groups in total. The predicted octanol–water partition coefficient (Wildman–Crippen LogP) is 2.89. The van der Waals surface area contributed by atoms with Gasteiger partial charge in [0, 0.05) is 34.8 Å². The Morgan fingerprint density at radius 1 is 1.10 bits per heavy atom. The van der Waals surface area contributed by atoms with Gasteiger partial charge in [0.1, 0.15) is 5.82 Å². The molecule has 1 spiro atoms. The first-order valence-corrected chi connectivity index (χ1v) is 10.1. The van der Waals surface area contributed by atoms with Gasteiger partial charge in [0.25, 0.3) is 0 Å². The van der Waals surface area contributed by atoms with E-state index < -0.39 is 34.9 Å². The van der Waals surface area contributed by atoms with E-state index in [1.807, 2.05) is 0 Å². The maximum absolute atomic E-state index is 14.1. The summed E-state index contributed by atoms with van der Waals surface area (Å²) >= 11 is 6.13. The minimum atomic E-state index is -1.77. The van der Waals surface area contributed by atoms with Gasteiger partial charge in [-0.2, -0.15) is 0 Å². The Morgan fingerprint density at radius 2 is 1.81 bits per heavy atom. The van der Waals surface area contributed by atoms with Crippen LogP contribution in [0.3, 0.4) is 0 Å². The van der Waals surface area contributed by atoms with Gasteiger partial charge in [-0.25, -0.2) is 4.39 Å². The van der Waals surface area contributed by atoms with Crippen molar-refractivity contribution >= 4 is 41.0 Å². The quantitative estimate of drug-likeness (QED) is 0.546. The normalized spacial score (nSPS) is 20.1. The number of amides is 3. The van der Waals surface area contributed by atoms with Crippen molar-refractivity contribution in [1.82, 2.24) is 4.90 Å². The highest BCUT2D eigenvalue weighted by molar-refractivity contribution is 6.32. The highest BCUT2D eigenvalue weighted by atomic mass is 35.5. The number of benzene rings is 2. The van der Waals surface area contributed by atoms with Crippen LogP contribution in [0.4, 0.5) is 10.1 Å². The lowest BCUT2D eigenvalue weighted by Gasteiger charge is -2.22. The lowest BCUT2D eigenvalue weighted by atomic mass is 9.80. The van der Waals surface area contributed by atoms with Crippen molar-refractivity contribution in [3.63, 3.8) is 0 Å². The van der Waals surface area contributed by atoms with E-state index in [0.29, 0.717) is 16.3 Å². The number of carboxylic acids is 1. The number of carboxylic acid groups (broad SMARTS) is 1. The van der Waals surface area contributed by atoms with Crippen LogP contribution >= 0.6 is 11.6 Å². The molecule has 0 unspecified atom stereocenters. The number of hydrogen-bond donors (Lipinski definition) is 1. The van der Waals surface area contributed by atoms with Crippen molar-refractivity contribution in [2.75, 3.05) is 11.4 Å². The van der Waals surface area contributed by atoms with E-state index in [9.17, 15) is 23.6 Å². The Labute approximate surface area is 182 Å². The van der Waals surface area contributed by atoms with Gasteiger partial charge in [-0.05, 0) is 30.7 Å². The van der Waals surface area contributed by atoms with E-state index in [1.54, 1.807) is 18.2 Å². The van der Waals surface area contributed by atoms with Gasteiger partial charge in [-0.15, -0.1) is 0 Å². The topological polar surface area (TPSA) is 95.0 Å². The summed E-state index contributed by atoms with van der Waals surface area (Å²) in [5.74, 6) is -3.46. The van der Waals surface area contributed by atoms with Crippen LogP contribution in [-0.4, -0.2) is 40.2 Å². The molecule has 1 fully saturated rings. The molecule has 0 radical (unpaired) electrons. The number of carbonyl (C=O) groups is 4. The molecule has 7 nitrogen and oxygen atoms in total. The number of halogens is 2. The zero-order valence-corrected chi connectivity index (χ0v) is 17.1. The lowest BCUT2D eigenvalue weighted by molar-refractivity contribution is -0.142. The molecule has 2 aromatic rings. The van der Waals surface area contributed by atoms with Gasteiger partial charge < -0.3 is 10.0 Å². The zero-order chi connectivity index (χ0) is 22.3. The van der Waals surface area contributed by atoms with Gasteiger partial charge in [-0.1, -0.05) is 29.8 Å². The minimum absolute atomic E-state index is 0.0797. The Balaban J connectivity index is 1.72. The second kappa shape index (κ2) is 7.77. The van der Waals surface area contributed by atoms with Crippen LogP contribution in [0.1, 0.15) is 30.4 Å². The Kier molecular flexibility index (Phi) is 5.26. The standard InChI is InChI=1S/C22H18ClFN2O5/c23-14-7-8-17-15(10-14)22(20(30)25(17)9-3-6-19(28)29)11-18(27)26(21(22)31)12-13-4-1-2-5-16(13)24/h1-2,4-5,7-8,10H,3,6,9,11-12H2,(H,28,29)/t22-/m1/s1. The van der Waals surface area contributed by atoms with Crippen molar-refractivity contribution in [3.8, 4) is 0 Å². The summed E-state index contributed by atoms with van der Waals surface area (Å²) in [7, 11) is 0. The number of nitrogens with zero attached hydrogens (tertiary/aromatic N) is 2. The molecule has 2 aliphatic rings. The highest BCUT2D eigenvalue weighted by Crippen LogP contribution is 2.49. The van der Waals surface area contributed by atoms with Gasteiger partial charge >= 0.3 is 5.97 Å². The summed E-state index contributed by atoms with van der Waals surface area (Å²) in [5.41, 5.74) is -0.870. The molecule has 0 aromatic heterocycles. The van der Waals surface area contributed by atoms with Crippen LogP contribution in [0.15, 0.2) is 42.5 Å². The number of carbonyl (C=O) groups excluding carboxylic acids is 3. The molecule has 9 heteroatoms. The van der Waals surface area contributed by atoms with Gasteiger partial charge in [0.05, 0.1) is 13.0 Å². The van der Waals surface area contributed by atoms with Crippen LogP contribution in [0.25, 0.3) is 0 Å². The lowest BCUT2D eigenvalue weighted by Crippen LogP contribution is -2.46. The summed E-state index contributed by atoms with van der Waals surface area (Å²) in [6.45, 7) is -0.204. The van der Waals surface area contributed by atoms with Crippen molar-refractivity contribution in [2.24, 2.45) is 0 Å². The van der Waals surface area contributed by atoms with Crippen molar-refractivity contribution in [3.05, 3.63) is 64.4 Å².